The van der Waals surface area contributed by atoms with Gasteiger partial charge in [0.1, 0.15) is 5.75 Å². The van der Waals surface area contributed by atoms with Crippen LogP contribution in [0, 0.1) is 6.92 Å². The van der Waals surface area contributed by atoms with Gasteiger partial charge in [0.2, 0.25) is 0 Å². The first kappa shape index (κ1) is 20.2. The van der Waals surface area contributed by atoms with E-state index in [2.05, 4.69) is 37.2 Å². The zero-order chi connectivity index (χ0) is 19.1. The molecule has 0 aliphatic rings. The van der Waals surface area contributed by atoms with Gasteiger partial charge in [-0.05, 0) is 80.3 Å². The monoisotopic (exact) mass is 481 g/mol. The van der Waals surface area contributed by atoms with E-state index in [0.29, 0.717) is 5.69 Å². The van der Waals surface area contributed by atoms with Crippen molar-refractivity contribution in [2.24, 2.45) is 0 Å². The third-order valence-corrected chi connectivity index (χ3v) is 4.57. The highest BCUT2D eigenvalue weighted by Gasteiger charge is 2.11. The number of methoxy groups -OCH3 is 1. The predicted molar refractivity (Wildman–Crippen MR) is 108 cm³/mol. The molecule has 1 amide bonds. The van der Waals surface area contributed by atoms with Gasteiger partial charge in [-0.25, -0.2) is 4.79 Å². The van der Waals surface area contributed by atoms with Crippen molar-refractivity contribution >= 4 is 55.5 Å². The van der Waals surface area contributed by atoms with Gasteiger partial charge in [0.05, 0.1) is 12.8 Å². The molecule has 136 valence electrons. The van der Waals surface area contributed by atoms with Gasteiger partial charge >= 0.3 is 5.97 Å². The lowest BCUT2D eigenvalue weighted by Crippen LogP contribution is -2.20. The second-order valence-electron chi connectivity index (χ2n) is 5.37. The normalized spacial score (nSPS) is 10.6. The summed E-state index contributed by atoms with van der Waals surface area (Å²) in [6.45, 7) is 1.57. The second kappa shape index (κ2) is 9.54. The number of hydrogen-bond donors (Lipinski definition) is 1. The summed E-state index contributed by atoms with van der Waals surface area (Å²) < 4.78 is 11.5. The maximum Gasteiger partial charge on any atom is 0.331 e. The van der Waals surface area contributed by atoms with Crippen molar-refractivity contribution in [3.8, 4) is 5.75 Å². The summed E-state index contributed by atoms with van der Waals surface area (Å²) in [6, 6.07) is 10.9. The van der Waals surface area contributed by atoms with Gasteiger partial charge in [0, 0.05) is 15.0 Å². The molecular weight excluding hydrogens is 466 g/mol. The van der Waals surface area contributed by atoms with Crippen LogP contribution in [0.2, 0.25) is 0 Å². The molecule has 0 heterocycles. The molecule has 2 aromatic carbocycles. The zero-order valence-corrected chi connectivity index (χ0v) is 17.4. The zero-order valence-electron chi connectivity index (χ0n) is 14.2. The molecule has 2 rings (SSSR count). The first-order valence-electron chi connectivity index (χ1n) is 7.63. The summed E-state index contributed by atoms with van der Waals surface area (Å²) in [6.07, 6.45) is 2.87. The highest BCUT2D eigenvalue weighted by atomic mass is 79.9. The van der Waals surface area contributed by atoms with Crippen LogP contribution in [0.3, 0.4) is 0 Å². The summed E-state index contributed by atoms with van der Waals surface area (Å²) >= 11 is 6.79. The third-order valence-electron chi connectivity index (χ3n) is 3.32. The number of rotatable bonds is 6. The van der Waals surface area contributed by atoms with Crippen molar-refractivity contribution in [1.29, 1.82) is 0 Å². The fourth-order valence-corrected chi connectivity index (χ4v) is 3.67. The maximum atomic E-state index is 12.0. The third kappa shape index (κ3) is 6.00. The molecule has 0 aliphatic heterocycles. The molecule has 26 heavy (non-hydrogen) atoms. The summed E-state index contributed by atoms with van der Waals surface area (Å²) in [4.78, 5) is 23.7. The van der Waals surface area contributed by atoms with Crippen LogP contribution in [-0.4, -0.2) is 25.6 Å². The van der Waals surface area contributed by atoms with Crippen LogP contribution in [0.4, 0.5) is 5.69 Å². The first-order chi connectivity index (χ1) is 12.4. The van der Waals surface area contributed by atoms with Crippen molar-refractivity contribution in [3.05, 3.63) is 62.5 Å². The number of amides is 1. The van der Waals surface area contributed by atoms with Crippen molar-refractivity contribution in [3.63, 3.8) is 0 Å². The maximum absolute atomic E-state index is 12.0. The van der Waals surface area contributed by atoms with E-state index in [-0.39, 0.29) is 6.61 Å². The molecule has 1 N–H and O–H groups in total. The minimum Gasteiger partial charge on any atom is -0.497 e. The number of halogens is 2. The number of esters is 1. The molecule has 0 unspecified atom stereocenters. The lowest BCUT2D eigenvalue weighted by atomic mass is 10.2. The molecule has 0 radical (unpaired) electrons. The molecule has 0 saturated heterocycles. The Kier molecular flexibility index (Phi) is 7.41. The fraction of sp³-hybridized carbons (Fsp3) is 0.158. The summed E-state index contributed by atoms with van der Waals surface area (Å²) in [5, 5.41) is 2.70. The topological polar surface area (TPSA) is 64.6 Å². The van der Waals surface area contributed by atoms with Crippen LogP contribution in [0.25, 0.3) is 6.08 Å². The molecule has 7 heteroatoms. The van der Waals surface area contributed by atoms with Crippen molar-refractivity contribution < 1.29 is 19.1 Å². The molecular formula is C19H17Br2NO4. The van der Waals surface area contributed by atoms with Gasteiger partial charge in [-0.3, -0.25) is 4.79 Å². The van der Waals surface area contributed by atoms with Crippen LogP contribution < -0.4 is 10.1 Å². The number of ether oxygens (including phenoxy) is 2. The molecule has 0 atom stereocenters. The van der Waals surface area contributed by atoms with Crippen LogP contribution in [0.5, 0.6) is 5.75 Å². The first-order valence-corrected chi connectivity index (χ1v) is 9.22. The Morgan fingerprint density at radius 3 is 2.31 bits per heavy atom. The molecule has 0 aromatic heterocycles. The SMILES string of the molecule is COc1ccc(/C=C/C(=O)OCC(=O)Nc2c(Br)cc(C)cc2Br)cc1. The van der Waals surface area contributed by atoms with Gasteiger partial charge < -0.3 is 14.8 Å². The molecule has 0 aliphatic carbocycles. The molecule has 0 bridgehead atoms. The van der Waals surface area contributed by atoms with Gasteiger partial charge in [0.15, 0.2) is 6.61 Å². The highest BCUT2D eigenvalue weighted by molar-refractivity contribution is 9.11. The Labute approximate surface area is 168 Å². The smallest absolute Gasteiger partial charge is 0.331 e. The lowest BCUT2D eigenvalue weighted by molar-refractivity contribution is -0.142. The number of aryl methyl sites for hydroxylation is 1. The van der Waals surface area contributed by atoms with E-state index in [1.165, 1.54) is 6.08 Å². The Hall–Kier alpha value is -2.12. The van der Waals surface area contributed by atoms with Crippen molar-refractivity contribution in [2.75, 3.05) is 19.0 Å². The Balaban J connectivity index is 1.86. The van der Waals surface area contributed by atoms with Crippen LogP contribution in [0.15, 0.2) is 51.4 Å². The second-order valence-corrected chi connectivity index (χ2v) is 7.07. The average Bonchev–Trinajstić information content (AvgIpc) is 2.61. The molecule has 5 nitrogen and oxygen atoms in total. The number of hydrogen-bond acceptors (Lipinski definition) is 4. The number of anilines is 1. The van der Waals surface area contributed by atoms with E-state index < -0.39 is 11.9 Å². The van der Waals surface area contributed by atoms with Crippen molar-refractivity contribution in [2.45, 2.75) is 6.92 Å². The number of nitrogens with one attached hydrogen (secondary N) is 1. The number of benzene rings is 2. The lowest BCUT2D eigenvalue weighted by Gasteiger charge is -2.10. The van der Waals surface area contributed by atoms with E-state index in [1.54, 1.807) is 25.3 Å². The quantitative estimate of drug-likeness (QED) is 0.477. The van der Waals surface area contributed by atoms with Crippen LogP contribution >= 0.6 is 31.9 Å². The van der Waals surface area contributed by atoms with Gasteiger partial charge in [-0.15, -0.1) is 0 Å². The fourth-order valence-electron chi connectivity index (χ4n) is 2.06. The summed E-state index contributed by atoms with van der Waals surface area (Å²) in [7, 11) is 1.58. The Morgan fingerprint density at radius 1 is 1.12 bits per heavy atom. The largest absolute Gasteiger partial charge is 0.497 e. The van der Waals surface area contributed by atoms with Gasteiger partial charge in [0.25, 0.3) is 5.91 Å². The average molecular weight is 483 g/mol. The molecule has 2 aromatic rings. The van der Waals surface area contributed by atoms with E-state index in [0.717, 1.165) is 25.8 Å². The molecule has 0 spiro atoms. The van der Waals surface area contributed by atoms with Crippen LogP contribution in [-0.2, 0) is 14.3 Å². The highest BCUT2D eigenvalue weighted by Crippen LogP contribution is 2.32. The van der Waals surface area contributed by atoms with E-state index >= 15 is 0 Å². The summed E-state index contributed by atoms with van der Waals surface area (Å²) in [5.74, 6) is -0.297. The Bertz CT molecular complexity index is 809. The standard InChI is InChI=1S/C19H17Br2NO4/c1-12-9-15(20)19(16(21)10-12)22-17(23)11-26-18(24)8-5-13-3-6-14(25-2)7-4-13/h3-10H,11H2,1-2H3,(H,22,23)/b8-5+. The summed E-state index contributed by atoms with van der Waals surface area (Å²) in [5.41, 5.74) is 2.45. The predicted octanol–water partition coefficient (Wildman–Crippen LogP) is 4.72. The molecule has 0 saturated carbocycles. The van der Waals surface area contributed by atoms with Gasteiger partial charge in [-0.2, -0.15) is 0 Å². The van der Waals surface area contributed by atoms with Crippen molar-refractivity contribution in [1.82, 2.24) is 0 Å². The number of carbonyl (C=O) groups excluding carboxylic acids is 2. The van der Waals surface area contributed by atoms with E-state index in [1.807, 2.05) is 31.2 Å². The van der Waals surface area contributed by atoms with E-state index in [9.17, 15) is 9.59 Å². The van der Waals surface area contributed by atoms with Crippen LogP contribution in [0.1, 0.15) is 11.1 Å². The minimum atomic E-state index is -0.599. The Morgan fingerprint density at radius 2 is 1.73 bits per heavy atom. The van der Waals surface area contributed by atoms with Gasteiger partial charge in [-0.1, -0.05) is 12.1 Å². The van der Waals surface area contributed by atoms with E-state index in [4.69, 9.17) is 9.47 Å². The molecule has 0 fully saturated rings. The minimum absolute atomic E-state index is 0.376. The number of carbonyl (C=O) groups is 2.